The van der Waals surface area contributed by atoms with Gasteiger partial charge < -0.3 is 10.6 Å². The molecule has 0 bridgehead atoms. The molecule has 3 nitrogen and oxygen atoms in total. The first-order valence-corrected chi connectivity index (χ1v) is 6.70. The third-order valence-corrected chi connectivity index (χ3v) is 3.68. The number of anilines is 1. The van der Waals surface area contributed by atoms with E-state index in [0.717, 1.165) is 30.6 Å². The Bertz CT molecular complexity index is 430. The Morgan fingerprint density at radius 3 is 2.83 bits per heavy atom. The van der Waals surface area contributed by atoms with Crippen LogP contribution in [0.2, 0.25) is 0 Å². The van der Waals surface area contributed by atoms with E-state index in [4.69, 9.17) is 5.73 Å². The lowest BCUT2D eigenvalue weighted by molar-refractivity contribution is -0.131. The Morgan fingerprint density at radius 2 is 2.22 bits per heavy atom. The van der Waals surface area contributed by atoms with Crippen molar-refractivity contribution < 1.29 is 4.79 Å². The van der Waals surface area contributed by atoms with Crippen molar-refractivity contribution in [3.05, 3.63) is 29.8 Å². The molecule has 18 heavy (non-hydrogen) atoms. The van der Waals surface area contributed by atoms with E-state index in [-0.39, 0.29) is 5.91 Å². The van der Waals surface area contributed by atoms with Crippen molar-refractivity contribution in [1.29, 1.82) is 0 Å². The molecule has 1 aromatic rings. The van der Waals surface area contributed by atoms with Crippen LogP contribution in [0.15, 0.2) is 24.3 Å². The molecule has 0 saturated carbocycles. The first-order valence-electron chi connectivity index (χ1n) is 6.70. The average Bonchev–Trinajstić information content (AvgIpc) is 2.66. The molecule has 98 valence electrons. The molecule has 1 aliphatic heterocycles. The van der Waals surface area contributed by atoms with Crippen LogP contribution in [0.1, 0.15) is 32.3 Å². The van der Waals surface area contributed by atoms with Crippen LogP contribution >= 0.6 is 0 Å². The van der Waals surface area contributed by atoms with E-state index >= 15 is 0 Å². The highest BCUT2D eigenvalue weighted by Crippen LogP contribution is 2.23. The van der Waals surface area contributed by atoms with E-state index in [2.05, 4.69) is 13.8 Å². The van der Waals surface area contributed by atoms with E-state index in [1.807, 2.05) is 29.2 Å². The lowest BCUT2D eigenvalue weighted by Gasteiger charge is -2.21. The van der Waals surface area contributed by atoms with E-state index in [1.165, 1.54) is 0 Å². The zero-order chi connectivity index (χ0) is 13.1. The smallest absolute Gasteiger partial charge is 0.223 e. The molecule has 1 fully saturated rings. The second-order valence-electron chi connectivity index (χ2n) is 5.48. The molecule has 1 aromatic carbocycles. The summed E-state index contributed by atoms with van der Waals surface area (Å²) in [5.41, 5.74) is 7.64. The molecule has 0 aromatic heterocycles. The lowest BCUT2D eigenvalue weighted by atomic mass is 10.1. The summed E-state index contributed by atoms with van der Waals surface area (Å²) in [6, 6.07) is 8.18. The highest BCUT2D eigenvalue weighted by atomic mass is 16.2. The van der Waals surface area contributed by atoms with Crippen LogP contribution in [-0.2, 0) is 11.2 Å². The second-order valence-corrected chi connectivity index (χ2v) is 5.48. The van der Waals surface area contributed by atoms with Crippen LogP contribution in [0.5, 0.6) is 0 Å². The maximum absolute atomic E-state index is 12.2. The second kappa shape index (κ2) is 5.42. The van der Waals surface area contributed by atoms with Gasteiger partial charge in [-0.2, -0.15) is 0 Å². The Morgan fingerprint density at radius 1 is 1.44 bits per heavy atom. The van der Waals surface area contributed by atoms with Crippen molar-refractivity contribution in [2.24, 2.45) is 5.92 Å². The molecule has 0 aliphatic carbocycles. The SMILES string of the molecule is CC1CC(C)N(C(=O)CCc2cccc(N)c2)C1. The fourth-order valence-corrected chi connectivity index (χ4v) is 2.79. The van der Waals surface area contributed by atoms with Gasteiger partial charge in [-0.3, -0.25) is 4.79 Å². The van der Waals surface area contributed by atoms with Crippen LogP contribution < -0.4 is 5.73 Å². The van der Waals surface area contributed by atoms with Crippen LogP contribution in [0, 0.1) is 5.92 Å². The molecule has 1 amide bonds. The Labute approximate surface area is 109 Å². The van der Waals surface area contributed by atoms with Gasteiger partial charge in [0.25, 0.3) is 0 Å². The number of nitrogen functional groups attached to an aromatic ring is 1. The largest absolute Gasteiger partial charge is 0.399 e. The zero-order valence-electron chi connectivity index (χ0n) is 11.2. The van der Waals surface area contributed by atoms with Crippen molar-refractivity contribution >= 4 is 11.6 Å². The molecule has 0 spiro atoms. The summed E-state index contributed by atoms with van der Waals surface area (Å²) in [5.74, 6) is 0.908. The Balaban J connectivity index is 1.89. The standard InChI is InChI=1S/C15H22N2O/c1-11-8-12(2)17(10-11)15(18)7-6-13-4-3-5-14(16)9-13/h3-5,9,11-12H,6-8,10,16H2,1-2H3. The van der Waals surface area contributed by atoms with Crippen LogP contribution in [0.4, 0.5) is 5.69 Å². The summed E-state index contributed by atoms with van der Waals surface area (Å²) >= 11 is 0. The van der Waals surface area contributed by atoms with Gasteiger partial charge in [0.15, 0.2) is 0 Å². The molecule has 2 rings (SSSR count). The third-order valence-electron chi connectivity index (χ3n) is 3.68. The summed E-state index contributed by atoms with van der Waals surface area (Å²) in [4.78, 5) is 14.2. The minimum atomic E-state index is 0.272. The summed E-state index contributed by atoms with van der Waals surface area (Å²) in [7, 11) is 0. The number of nitrogens with zero attached hydrogens (tertiary/aromatic N) is 1. The predicted octanol–water partition coefficient (Wildman–Crippen LogP) is 2.46. The molecule has 0 radical (unpaired) electrons. The normalized spacial score (nSPS) is 23.3. The number of hydrogen-bond donors (Lipinski definition) is 1. The minimum Gasteiger partial charge on any atom is -0.399 e. The summed E-state index contributed by atoms with van der Waals surface area (Å²) in [6.45, 7) is 5.26. The number of hydrogen-bond acceptors (Lipinski definition) is 2. The molecule has 2 atom stereocenters. The molecule has 2 unspecified atom stereocenters. The van der Waals surface area contributed by atoms with Gasteiger partial charge in [-0.05, 0) is 43.4 Å². The minimum absolute atomic E-state index is 0.272. The molecule has 2 N–H and O–H groups in total. The maximum Gasteiger partial charge on any atom is 0.223 e. The number of nitrogens with two attached hydrogens (primary N) is 1. The van der Waals surface area contributed by atoms with Crippen molar-refractivity contribution in [3.63, 3.8) is 0 Å². The van der Waals surface area contributed by atoms with Crippen molar-refractivity contribution in [3.8, 4) is 0 Å². The number of rotatable bonds is 3. The fraction of sp³-hybridized carbons (Fsp3) is 0.533. The van der Waals surface area contributed by atoms with Gasteiger partial charge in [0, 0.05) is 24.7 Å². The van der Waals surface area contributed by atoms with Gasteiger partial charge in [-0.15, -0.1) is 0 Å². The number of amides is 1. The topological polar surface area (TPSA) is 46.3 Å². The van der Waals surface area contributed by atoms with E-state index in [9.17, 15) is 4.79 Å². The summed E-state index contributed by atoms with van der Waals surface area (Å²) in [6.07, 6.45) is 2.49. The predicted molar refractivity (Wildman–Crippen MR) is 74.1 cm³/mol. The number of aryl methyl sites for hydroxylation is 1. The highest BCUT2D eigenvalue weighted by Gasteiger charge is 2.29. The van der Waals surface area contributed by atoms with Gasteiger partial charge in [0.2, 0.25) is 5.91 Å². The number of benzene rings is 1. The van der Waals surface area contributed by atoms with E-state index in [0.29, 0.717) is 18.4 Å². The van der Waals surface area contributed by atoms with Crippen molar-refractivity contribution in [2.75, 3.05) is 12.3 Å². The molecule has 3 heteroatoms. The van der Waals surface area contributed by atoms with Crippen LogP contribution in [0.25, 0.3) is 0 Å². The van der Waals surface area contributed by atoms with Gasteiger partial charge in [-0.1, -0.05) is 19.1 Å². The van der Waals surface area contributed by atoms with Gasteiger partial charge >= 0.3 is 0 Å². The van der Waals surface area contributed by atoms with E-state index in [1.54, 1.807) is 0 Å². The number of carbonyl (C=O) groups excluding carboxylic acids is 1. The molecule has 1 saturated heterocycles. The van der Waals surface area contributed by atoms with Gasteiger partial charge in [0.05, 0.1) is 0 Å². The van der Waals surface area contributed by atoms with Crippen molar-refractivity contribution in [1.82, 2.24) is 4.90 Å². The monoisotopic (exact) mass is 246 g/mol. The van der Waals surface area contributed by atoms with Crippen molar-refractivity contribution in [2.45, 2.75) is 39.2 Å². The highest BCUT2D eigenvalue weighted by molar-refractivity contribution is 5.77. The molecular formula is C15H22N2O. The van der Waals surface area contributed by atoms with Gasteiger partial charge in [0.1, 0.15) is 0 Å². The maximum atomic E-state index is 12.2. The van der Waals surface area contributed by atoms with Gasteiger partial charge in [-0.25, -0.2) is 0 Å². The first-order chi connectivity index (χ1) is 8.56. The summed E-state index contributed by atoms with van der Waals surface area (Å²) in [5, 5.41) is 0. The van der Waals surface area contributed by atoms with Crippen LogP contribution in [-0.4, -0.2) is 23.4 Å². The lowest BCUT2D eigenvalue weighted by Crippen LogP contribution is -2.34. The zero-order valence-corrected chi connectivity index (χ0v) is 11.2. The fourth-order valence-electron chi connectivity index (χ4n) is 2.79. The number of carbonyl (C=O) groups is 1. The average molecular weight is 246 g/mol. The molecule has 1 aliphatic rings. The Hall–Kier alpha value is -1.51. The third kappa shape index (κ3) is 3.03. The van der Waals surface area contributed by atoms with E-state index < -0.39 is 0 Å². The summed E-state index contributed by atoms with van der Waals surface area (Å²) < 4.78 is 0. The van der Waals surface area contributed by atoms with Crippen LogP contribution in [0.3, 0.4) is 0 Å². The first kappa shape index (κ1) is 12.9. The molecular weight excluding hydrogens is 224 g/mol. The quantitative estimate of drug-likeness (QED) is 0.833. The molecule has 1 heterocycles. The Kier molecular flexibility index (Phi) is 3.90. The number of likely N-dealkylation sites (tertiary alicyclic amines) is 1.